The van der Waals surface area contributed by atoms with Crippen LogP contribution in [0.25, 0.3) is 0 Å². The smallest absolute Gasteiger partial charge is 0.335 e. The van der Waals surface area contributed by atoms with Crippen LogP contribution in [0.5, 0.6) is 0 Å². The van der Waals surface area contributed by atoms with Crippen molar-refractivity contribution in [3.05, 3.63) is 58.9 Å². The van der Waals surface area contributed by atoms with E-state index in [9.17, 15) is 4.79 Å². The Morgan fingerprint density at radius 3 is 2.61 bits per heavy atom. The number of aromatic nitrogens is 1. The molecule has 2 rings (SSSR count). The van der Waals surface area contributed by atoms with Crippen LogP contribution in [0.2, 0.25) is 5.15 Å². The third kappa shape index (κ3) is 3.21. The van der Waals surface area contributed by atoms with Crippen molar-refractivity contribution in [1.29, 1.82) is 0 Å². The molecule has 5 heteroatoms. The van der Waals surface area contributed by atoms with Crippen molar-refractivity contribution in [2.45, 2.75) is 6.54 Å². The van der Waals surface area contributed by atoms with Crippen LogP contribution < -0.4 is 5.32 Å². The Morgan fingerprint density at radius 2 is 2.00 bits per heavy atom. The van der Waals surface area contributed by atoms with E-state index in [-0.39, 0.29) is 5.56 Å². The number of nitrogens with zero attached hydrogens (tertiary/aromatic N) is 1. The van der Waals surface area contributed by atoms with E-state index in [0.29, 0.717) is 11.7 Å². The van der Waals surface area contributed by atoms with Gasteiger partial charge in [-0.05, 0) is 29.8 Å². The van der Waals surface area contributed by atoms with E-state index in [2.05, 4.69) is 10.3 Å². The van der Waals surface area contributed by atoms with Crippen LogP contribution in [0.3, 0.4) is 0 Å². The fraction of sp³-hybridized carbons (Fsp3) is 0.0769. The monoisotopic (exact) mass is 262 g/mol. The van der Waals surface area contributed by atoms with Gasteiger partial charge in [0.15, 0.2) is 0 Å². The minimum atomic E-state index is -0.921. The van der Waals surface area contributed by atoms with Gasteiger partial charge in [0.2, 0.25) is 0 Å². The van der Waals surface area contributed by atoms with E-state index >= 15 is 0 Å². The SMILES string of the molecule is O=C(O)c1ccc(CNc2ccnc(Cl)c2)cc1. The second-order valence-corrected chi connectivity index (χ2v) is 4.11. The molecule has 0 aliphatic heterocycles. The molecule has 0 aliphatic carbocycles. The minimum Gasteiger partial charge on any atom is -0.478 e. The molecule has 2 aromatic rings. The first kappa shape index (κ1) is 12.4. The first-order chi connectivity index (χ1) is 8.65. The molecule has 0 unspecified atom stereocenters. The molecule has 0 saturated carbocycles. The molecule has 0 atom stereocenters. The maximum atomic E-state index is 10.7. The molecular formula is C13H11ClN2O2. The molecule has 1 heterocycles. The van der Waals surface area contributed by atoms with E-state index < -0.39 is 5.97 Å². The lowest BCUT2D eigenvalue weighted by Gasteiger charge is -2.06. The number of carboxylic acids is 1. The topological polar surface area (TPSA) is 62.2 Å². The molecule has 1 aromatic heterocycles. The largest absolute Gasteiger partial charge is 0.478 e. The molecule has 0 spiro atoms. The summed E-state index contributed by atoms with van der Waals surface area (Å²) in [5.41, 5.74) is 2.15. The fourth-order valence-corrected chi connectivity index (χ4v) is 1.66. The molecule has 0 fully saturated rings. The summed E-state index contributed by atoms with van der Waals surface area (Å²) in [5, 5.41) is 12.4. The van der Waals surface area contributed by atoms with Gasteiger partial charge in [-0.15, -0.1) is 0 Å². The number of rotatable bonds is 4. The van der Waals surface area contributed by atoms with Crippen LogP contribution in [0, 0.1) is 0 Å². The van der Waals surface area contributed by atoms with Gasteiger partial charge in [-0.3, -0.25) is 0 Å². The molecule has 0 amide bonds. The summed E-state index contributed by atoms with van der Waals surface area (Å²) < 4.78 is 0. The number of carbonyl (C=O) groups is 1. The molecule has 0 saturated heterocycles. The molecular weight excluding hydrogens is 252 g/mol. The first-order valence-corrected chi connectivity index (χ1v) is 5.70. The van der Waals surface area contributed by atoms with Gasteiger partial charge in [0.1, 0.15) is 5.15 Å². The first-order valence-electron chi connectivity index (χ1n) is 5.33. The van der Waals surface area contributed by atoms with Gasteiger partial charge in [0.05, 0.1) is 5.56 Å². The Labute approximate surface area is 109 Å². The summed E-state index contributed by atoms with van der Waals surface area (Å²) in [6, 6.07) is 10.3. The van der Waals surface area contributed by atoms with E-state index in [1.54, 1.807) is 36.5 Å². The Bertz CT molecular complexity index is 555. The van der Waals surface area contributed by atoms with E-state index in [0.717, 1.165) is 11.3 Å². The van der Waals surface area contributed by atoms with E-state index in [1.165, 1.54) is 0 Å². The van der Waals surface area contributed by atoms with Crippen LogP contribution in [0.15, 0.2) is 42.6 Å². The summed E-state index contributed by atoms with van der Waals surface area (Å²) in [4.78, 5) is 14.6. The summed E-state index contributed by atoms with van der Waals surface area (Å²) in [6.07, 6.45) is 1.62. The molecule has 0 aliphatic rings. The summed E-state index contributed by atoms with van der Waals surface area (Å²) in [7, 11) is 0. The zero-order valence-electron chi connectivity index (χ0n) is 9.43. The predicted octanol–water partition coefficient (Wildman–Crippen LogP) is 3.05. The van der Waals surface area contributed by atoms with Crippen molar-refractivity contribution < 1.29 is 9.90 Å². The van der Waals surface area contributed by atoms with E-state index in [1.807, 2.05) is 6.07 Å². The van der Waals surface area contributed by atoms with Crippen molar-refractivity contribution in [2.24, 2.45) is 0 Å². The molecule has 92 valence electrons. The lowest BCUT2D eigenvalue weighted by Crippen LogP contribution is -2.01. The van der Waals surface area contributed by atoms with Gasteiger partial charge in [0, 0.05) is 18.4 Å². The van der Waals surface area contributed by atoms with Crippen molar-refractivity contribution >= 4 is 23.3 Å². The number of aromatic carboxylic acids is 1. The van der Waals surface area contributed by atoms with Crippen molar-refractivity contribution in [1.82, 2.24) is 4.98 Å². The Kier molecular flexibility index (Phi) is 3.79. The molecule has 1 aromatic carbocycles. The Hall–Kier alpha value is -2.07. The number of benzene rings is 1. The highest BCUT2D eigenvalue weighted by molar-refractivity contribution is 6.29. The second kappa shape index (κ2) is 5.51. The number of hydrogen-bond donors (Lipinski definition) is 2. The van der Waals surface area contributed by atoms with Gasteiger partial charge in [-0.25, -0.2) is 9.78 Å². The van der Waals surface area contributed by atoms with Gasteiger partial charge < -0.3 is 10.4 Å². The second-order valence-electron chi connectivity index (χ2n) is 3.72. The van der Waals surface area contributed by atoms with Crippen molar-refractivity contribution in [3.8, 4) is 0 Å². The third-order valence-electron chi connectivity index (χ3n) is 2.42. The number of nitrogens with one attached hydrogen (secondary N) is 1. The van der Waals surface area contributed by atoms with E-state index in [4.69, 9.17) is 16.7 Å². The summed E-state index contributed by atoms with van der Waals surface area (Å²) in [5.74, 6) is -0.921. The van der Waals surface area contributed by atoms with Gasteiger partial charge in [-0.1, -0.05) is 23.7 Å². The molecule has 4 nitrogen and oxygen atoms in total. The summed E-state index contributed by atoms with van der Waals surface area (Å²) >= 11 is 5.77. The number of carboxylic acid groups (broad SMARTS) is 1. The molecule has 0 radical (unpaired) electrons. The fourth-order valence-electron chi connectivity index (χ4n) is 1.48. The van der Waals surface area contributed by atoms with Crippen molar-refractivity contribution in [3.63, 3.8) is 0 Å². The minimum absolute atomic E-state index is 0.283. The van der Waals surface area contributed by atoms with Crippen LogP contribution in [-0.2, 0) is 6.54 Å². The lowest BCUT2D eigenvalue weighted by molar-refractivity contribution is 0.0697. The number of halogens is 1. The quantitative estimate of drug-likeness (QED) is 0.832. The number of anilines is 1. The number of pyridine rings is 1. The molecule has 0 bridgehead atoms. The molecule has 2 N–H and O–H groups in total. The maximum Gasteiger partial charge on any atom is 0.335 e. The normalized spacial score (nSPS) is 10.1. The van der Waals surface area contributed by atoms with Crippen molar-refractivity contribution in [2.75, 3.05) is 5.32 Å². The zero-order chi connectivity index (χ0) is 13.0. The Balaban J connectivity index is 2.00. The zero-order valence-corrected chi connectivity index (χ0v) is 10.2. The maximum absolute atomic E-state index is 10.7. The average Bonchev–Trinajstić information content (AvgIpc) is 2.37. The highest BCUT2D eigenvalue weighted by atomic mass is 35.5. The van der Waals surface area contributed by atoms with Gasteiger partial charge in [-0.2, -0.15) is 0 Å². The van der Waals surface area contributed by atoms with Crippen LogP contribution >= 0.6 is 11.6 Å². The van der Waals surface area contributed by atoms with Gasteiger partial charge >= 0.3 is 5.97 Å². The van der Waals surface area contributed by atoms with Gasteiger partial charge in [0.25, 0.3) is 0 Å². The highest BCUT2D eigenvalue weighted by Crippen LogP contribution is 2.13. The summed E-state index contributed by atoms with van der Waals surface area (Å²) in [6.45, 7) is 0.597. The molecule has 18 heavy (non-hydrogen) atoms. The number of hydrogen-bond acceptors (Lipinski definition) is 3. The van der Waals surface area contributed by atoms with Crippen LogP contribution in [-0.4, -0.2) is 16.1 Å². The predicted molar refractivity (Wildman–Crippen MR) is 70.0 cm³/mol. The lowest BCUT2D eigenvalue weighted by atomic mass is 10.1. The van der Waals surface area contributed by atoms with Crippen LogP contribution in [0.4, 0.5) is 5.69 Å². The third-order valence-corrected chi connectivity index (χ3v) is 2.63. The standard InChI is InChI=1S/C13H11ClN2O2/c14-12-7-11(5-6-15-12)16-8-9-1-3-10(4-2-9)13(17)18/h1-7H,8H2,(H,15,16)(H,17,18). The Morgan fingerprint density at radius 1 is 1.28 bits per heavy atom. The average molecular weight is 263 g/mol. The highest BCUT2D eigenvalue weighted by Gasteiger charge is 2.01. The van der Waals surface area contributed by atoms with Crippen LogP contribution in [0.1, 0.15) is 15.9 Å².